The SMILES string of the molecule is CCOc1cc(CNc2nnnn2C)c(Cl)cc1OCc1c(F)cccc1Cl. The van der Waals surface area contributed by atoms with Gasteiger partial charge in [-0.2, -0.15) is 0 Å². The van der Waals surface area contributed by atoms with E-state index in [4.69, 9.17) is 32.7 Å². The molecule has 10 heteroatoms. The van der Waals surface area contributed by atoms with Crippen molar-refractivity contribution >= 4 is 29.2 Å². The quantitative estimate of drug-likeness (QED) is 0.581. The summed E-state index contributed by atoms with van der Waals surface area (Å²) in [6.45, 7) is 2.62. The highest BCUT2D eigenvalue weighted by Gasteiger charge is 2.14. The number of hydrogen-bond donors (Lipinski definition) is 1. The van der Waals surface area contributed by atoms with Crippen LogP contribution in [0.4, 0.5) is 10.3 Å². The van der Waals surface area contributed by atoms with Crippen LogP contribution in [0.1, 0.15) is 18.1 Å². The van der Waals surface area contributed by atoms with Gasteiger partial charge in [-0.1, -0.05) is 34.4 Å². The first-order chi connectivity index (χ1) is 13.5. The minimum Gasteiger partial charge on any atom is -0.490 e. The number of nitrogens with one attached hydrogen (secondary N) is 1. The van der Waals surface area contributed by atoms with E-state index in [2.05, 4.69) is 20.8 Å². The molecule has 0 saturated carbocycles. The predicted octanol–water partition coefficient (Wildman–Crippen LogP) is 4.25. The predicted molar refractivity (Wildman–Crippen MR) is 104 cm³/mol. The molecule has 0 fully saturated rings. The molecule has 0 saturated heterocycles. The van der Waals surface area contributed by atoms with E-state index in [1.54, 1.807) is 25.2 Å². The number of aryl methyl sites for hydroxylation is 1. The summed E-state index contributed by atoms with van der Waals surface area (Å²) >= 11 is 12.4. The molecule has 0 radical (unpaired) electrons. The zero-order chi connectivity index (χ0) is 20.1. The zero-order valence-electron chi connectivity index (χ0n) is 15.2. The molecule has 1 heterocycles. The van der Waals surface area contributed by atoms with Crippen molar-refractivity contribution in [2.75, 3.05) is 11.9 Å². The topological polar surface area (TPSA) is 74.1 Å². The van der Waals surface area contributed by atoms with E-state index < -0.39 is 5.82 Å². The molecular weight excluding hydrogens is 408 g/mol. The van der Waals surface area contributed by atoms with Crippen molar-refractivity contribution in [3.05, 3.63) is 57.3 Å². The summed E-state index contributed by atoms with van der Waals surface area (Å²) in [5.74, 6) is 0.959. The van der Waals surface area contributed by atoms with Gasteiger partial charge in [0.2, 0.25) is 5.95 Å². The first-order valence-corrected chi connectivity index (χ1v) is 9.22. The van der Waals surface area contributed by atoms with Gasteiger partial charge in [0.1, 0.15) is 12.4 Å². The Labute approximate surface area is 171 Å². The van der Waals surface area contributed by atoms with Gasteiger partial charge in [-0.15, -0.1) is 0 Å². The fraction of sp³-hybridized carbons (Fsp3) is 0.278. The lowest BCUT2D eigenvalue weighted by Crippen LogP contribution is -2.07. The Balaban J connectivity index is 1.79. The molecule has 0 atom stereocenters. The molecule has 3 rings (SSSR count). The summed E-state index contributed by atoms with van der Waals surface area (Å²) in [6.07, 6.45) is 0. The molecule has 1 aromatic heterocycles. The second kappa shape index (κ2) is 9.07. The summed E-state index contributed by atoms with van der Waals surface area (Å²) in [6, 6.07) is 7.87. The van der Waals surface area contributed by atoms with E-state index in [0.717, 1.165) is 5.56 Å². The number of benzene rings is 2. The highest BCUT2D eigenvalue weighted by atomic mass is 35.5. The third-order valence-electron chi connectivity index (χ3n) is 3.90. The molecule has 28 heavy (non-hydrogen) atoms. The average molecular weight is 426 g/mol. The molecule has 148 valence electrons. The monoisotopic (exact) mass is 425 g/mol. The van der Waals surface area contributed by atoms with Gasteiger partial charge in [0, 0.05) is 30.2 Å². The van der Waals surface area contributed by atoms with Crippen LogP contribution >= 0.6 is 23.2 Å². The Morgan fingerprint density at radius 2 is 1.93 bits per heavy atom. The van der Waals surface area contributed by atoms with Crippen LogP contribution in [0.25, 0.3) is 0 Å². The Kier molecular flexibility index (Phi) is 6.53. The van der Waals surface area contributed by atoms with E-state index in [-0.39, 0.29) is 12.2 Å². The smallest absolute Gasteiger partial charge is 0.242 e. The number of tetrazole rings is 1. The normalized spacial score (nSPS) is 10.8. The lowest BCUT2D eigenvalue weighted by atomic mass is 10.2. The number of ether oxygens (including phenoxy) is 2. The van der Waals surface area contributed by atoms with Crippen LogP contribution in [0.3, 0.4) is 0 Å². The van der Waals surface area contributed by atoms with Crippen LogP contribution in [0.15, 0.2) is 30.3 Å². The van der Waals surface area contributed by atoms with Gasteiger partial charge in [0.05, 0.1) is 11.6 Å². The standard InChI is InChI=1S/C18H18Cl2FN5O2/c1-3-27-16-7-11(9-22-18-23-24-25-26(18)2)14(20)8-17(16)28-10-12-13(19)5-4-6-15(12)21/h4-8H,3,9-10H2,1-2H3,(H,22,23,25). The van der Waals surface area contributed by atoms with Crippen molar-refractivity contribution in [1.29, 1.82) is 0 Å². The molecule has 2 aromatic carbocycles. The summed E-state index contributed by atoms with van der Waals surface area (Å²) in [7, 11) is 1.72. The van der Waals surface area contributed by atoms with E-state index in [1.807, 2.05) is 6.92 Å². The van der Waals surface area contributed by atoms with Gasteiger partial charge < -0.3 is 14.8 Å². The van der Waals surface area contributed by atoms with Gasteiger partial charge in [0.15, 0.2) is 11.5 Å². The van der Waals surface area contributed by atoms with Gasteiger partial charge in [0.25, 0.3) is 0 Å². The maximum absolute atomic E-state index is 14.0. The molecule has 1 N–H and O–H groups in total. The molecule has 0 aliphatic carbocycles. The van der Waals surface area contributed by atoms with Crippen LogP contribution < -0.4 is 14.8 Å². The van der Waals surface area contributed by atoms with Crippen molar-refractivity contribution in [2.45, 2.75) is 20.1 Å². The number of halogens is 3. The molecular formula is C18H18Cl2FN5O2. The largest absolute Gasteiger partial charge is 0.490 e. The summed E-state index contributed by atoms with van der Waals surface area (Å²) in [5.41, 5.74) is 1.03. The lowest BCUT2D eigenvalue weighted by Gasteiger charge is -2.16. The molecule has 3 aromatic rings. The minimum atomic E-state index is -0.435. The lowest BCUT2D eigenvalue weighted by molar-refractivity contribution is 0.265. The van der Waals surface area contributed by atoms with Crippen LogP contribution in [0.2, 0.25) is 10.0 Å². The van der Waals surface area contributed by atoms with Crippen LogP contribution in [0, 0.1) is 5.82 Å². The van der Waals surface area contributed by atoms with Crippen molar-refractivity contribution < 1.29 is 13.9 Å². The highest BCUT2D eigenvalue weighted by Crippen LogP contribution is 2.35. The summed E-state index contributed by atoms with van der Waals surface area (Å²) < 4.78 is 26.9. The number of nitrogens with zero attached hydrogens (tertiary/aromatic N) is 4. The Morgan fingerprint density at radius 1 is 1.14 bits per heavy atom. The van der Waals surface area contributed by atoms with Crippen molar-refractivity contribution in [3.8, 4) is 11.5 Å². The first kappa shape index (κ1) is 20.2. The van der Waals surface area contributed by atoms with E-state index in [0.29, 0.717) is 40.6 Å². The second-order valence-corrected chi connectivity index (χ2v) is 6.61. The molecule has 0 bridgehead atoms. The van der Waals surface area contributed by atoms with Crippen LogP contribution in [0.5, 0.6) is 11.5 Å². The second-order valence-electron chi connectivity index (χ2n) is 5.79. The van der Waals surface area contributed by atoms with Crippen LogP contribution in [-0.2, 0) is 20.2 Å². The van der Waals surface area contributed by atoms with E-state index in [9.17, 15) is 4.39 Å². The molecule has 0 spiro atoms. The Morgan fingerprint density at radius 3 is 2.61 bits per heavy atom. The van der Waals surface area contributed by atoms with Gasteiger partial charge in [-0.25, -0.2) is 9.07 Å². The van der Waals surface area contributed by atoms with Crippen molar-refractivity contribution in [3.63, 3.8) is 0 Å². The molecule has 0 amide bonds. The van der Waals surface area contributed by atoms with E-state index in [1.165, 1.54) is 16.8 Å². The molecule has 0 unspecified atom stereocenters. The molecule has 0 aliphatic rings. The number of rotatable bonds is 8. The third kappa shape index (κ3) is 4.63. The Hall–Kier alpha value is -2.58. The maximum atomic E-state index is 14.0. The Bertz CT molecular complexity index is 947. The van der Waals surface area contributed by atoms with Gasteiger partial charge in [-0.05, 0) is 41.1 Å². The third-order valence-corrected chi connectivity index (χ3v) is 4.61. The van der Waals surface area contributed by atoms with Crippen molar-refractivity contribution in [2.24, 2.45) is 7.05 Å². The van der Waals surface area contributed by atoms with Crippen LogP contribution in [-0.4, -0.2) is 26.8 Å². The minimum absolute atomic E-state index is 0.0515. The maximum Gasteiger partial charge on any atom is 0.242 e. The van der Waals surface area contributed by atoms with Gasteiger partial charge >= 0.3 is 0 Å². The summed E-state index contributed by atoms with van der Waals surface area (Å²) in [4.78, 5) is 0. The molecule has 0 aliphatic heterocycles. The zero-order valence-corrected chi connectivity index (χ0v) is 16.8. The van der Waals surface area contributed by atoms with E-state index >= 15 is 0 Å². The fourth-order valence-corrected chi connectivity index (χ4v) is 2.91. The summed E-state index contributed by atoms with van der Waals surface area (Å²) in [5, 5.41) is 15.0. The first-order valence-electron chi connectivity index (χ1n) is 8.46. The molecule has 7 nitrogen and oxygen atoms in total. The fourth-order valence-electron chi connectivity index (χ4n) is 2.47. The number of aromatic nitrogens is 4. The number of hydrogen-bond acceptors (Lipinski definition) is 6. The van der Waals surface area contributed by atoms with Crippen molar-refractivity contribution in [1.82, 2.24) is 20.2 Å². The average Bonchev–Trinajstić information content (AvgIpc) is 3.07. The van der Waals surface area contributed by atoms with Gasteiger partial charge in [-0.3, -0.25) is 0 Å². The highest BCUT2D eigenvalue weighted by molar-refractivity contribution is 6.31. The number of anilines is 1.